The number of carbonyl (C=O) groups excluding carboxylic acids is 1. The summed E-state index contributed by atoms with van der Waals surface area (Å²) in [5.41, 5.74) is 2.05. The highest BCUT2D eigenvalue weighted by Gasteiger charge is 2.53. The molecule has 0 aromatic heterocycles. The normalized spacial score (nSPS) is 24.5. The van der Waals surface area contributed by atoms with Crippen molar-refractivity contribution < 1.29 is 14.3 Å². The lowest BCUT2D eigenvalue weighted by Gasteiger charge is -2.41. The molecular formula is C21H32N2O3. The topological polar surface area (TPSA) is 59.6 Å². The number of fused-ring (bicyclic) bond motifs is 2. The molecule has 1 aromatic carbocycles. The van der Waals surface area contributed by atoms with E-state index in [0.29, 0.717) is 13.2 Å². The lowest BCUT2D eigenvalue weighted by molar-refractivity contribution is -0.131. The van der Waals surface area contributed by atoms with Crippen LogP contribution < -0.4 is 10.6 Å². The van der Waals surface area contributed by atoms with Crippen LogP contribution in [0.25, 0.3) is 0 Å². The molecule has 26 heavy (non-hydrogen) atoms. The lowest BCUT2D eigenvalue weighted by Crippen LogP contribution is -2.51. The number of rotatable bonds is 5. The standard InChI is InChI=1S/C21H32N2O3/c1-20(2,3)19(24)23-17-15-7-5-6-8-16(15)21(9-11-22-12-10-21)18(17)26-14-13-25-4/h5-8,17-18,22H,9-14H2,1-4H3,(H,23,24). The fourth-order valence-corrected chi connectivity index (χ4v) is 4.31. The van der Waals surface area contributed by atoms with E-state index in [1.54, 1.807) is 7.11 Å². The van der Waals surface area contributed by atoms with Gasteiger partial charge in [-0.25, -0.2) is 0 Å². The fourth-order valence-electron chi connectivity index (χ4n) is 4.31. The summed E-state index contributed by atoms with van der Waals surface area (Å²) in [5.74, 6) is 0.0589. The summed E-state index contributed by atoms with van der Waals surface area (Å²) in [6, 6.07) is 8.40. The van der Waals surface area contributed by atoms with E-state index in [4.69, 9.17) is 9.47 Å². The van der Waals surface area contributed by atoms with Crippen molar-refractivity contribution in [1.82, 2.24) is 10.6 Å². The maximum Gasteiger partial charge on any atom is 0.225 e. The van der Waals surface area contributed by atoms with Gasteiger partial charge in [0.2, 0.25) is 5.91 Å². The Morgan fingerprint density at radius 3 is 2.58 bits per heavy atom. The lowest BCUT2D eigenvalue weighted by atomic mass is 9.72. The Kier molecular flexibility index (Phi) is 5.70. The molecule has 1 saturated heterocycles. The SMILES string of the molecule is COCCOC1C(NC(=O)C(C)(C)C)c2ccccc2C12CCNCC2. The Morgan fingerprint density at radius 2 is 1.92 bits per heavy atom. The summed E-state index contributed by atoms with van der Waals surface area (Å²) in [7, 11) is 1.69. The van der Waals surface area contributed by atoms with Crippen LogP contribution in [0.5, 0.6) is 0 Å². The Bertz CT molecular complexity index is 632. The van der Waals surface area contributed by atoms with Gasteiger partial charge in [-0.2, -0.15) is 0 Å². The molecule has 1 aromatic rings. The quantitative estimate of drug-likeness (QED) is 0.793. The molecule has 2 atom stereocenters. The second-order valence-corrected chi connectivity index (χ2v) is 8.48. The van der Waals surface area contributed by atoms with Crippen LogP contribution in [0.15, 0.2) is 24.3 Å². The molecule has 144 valence electrons. The predicted octanol–water partition coefficient (Wildman–Crippen LogP) is 2.56. The summed E-state index contributed by atoms with van der Waals surface area (Å²) in [6.07, 6.45) is 1.97. The average molecular weight is 360 g/mol. The van der Waals surface area contributed by atoms with Crippen LogP contribution in [-0.2, 0) is 19.7 Å². The van der Waals surface area contributed by atoms with Gasteiger partial charge in [0.15, 0.2) is 0 Å². The van der Waals surface area contributed by atoms with Crippen LogP contribution in [0, 0.1) is 5.41 Å². The Balaban J connectivity index is 1.97. The molecule has 1 aliphatic heterocycles. The largest absolute Gasteiger partial charge is 0.382 e. The molecule has 1 spiro atoms. The summed E-state index contributed by atoms with van der Waals surface area (Å²) >= 11 is 0. The van der Waals surface area contributed by atoms with Gasteiger partial charge >= 0.3 is 0 Å². The number of piperidine rings is 1. The summed E-state index contributed by atoms with van der Waals surface area (Å²) < 4.78 is 11.6. The van der Waals surface area contributed by atoms with Crippen LogP contribution in [-0.4, -0.2) is 45.4 Å². The van der Waals surface area contributed by atoms with Crippen molar-refractivity contribution in [1.29, 1.82) is 0 Å². The third kappa shape index (κ3) is 3.53. The van der Waals surface area contributed by atoms with Gasteiger partial charge in [0.25, 0.3) is 0 Å². The van der Waals surface area contributed by atoms with Gasteiger partial charge < -0.3 is 20.1 Å². The van der Waals surface area contributed by atoms with E-state index < -0.39 is 5.41 Å². The van der Waals surface area contributed by atoms with E-state index in [1.807, 2.05) is 20.8 Å². The van der Waals surface area contributed by atoms with Crippen LogP contribution >= 0.6 is 0 Å². The predicted molar refractivity (Wildman–Crippen MR) is 102 cm³/mol. The van der Waals surface area contributed by atoms with Crippen LogP contribution in [0.1, 0.15) is 50.8 Å². The first-order valence-electron chi connectivity index (χ1n) is 9.62. The second kappa shape index (κ2) is 7.67. The van der Waals surface area contributed by atoms with E-state index in [9.17, 15) is 4.79 Å². The number of amides is 1. The molecule has 0 bridgehead atoms. The minimum Gasteiger partial charge on any atom is -0.382 e. The minimum absolute atomic E-state index is 0.0502. The molecule has 1 aliphatic carbocycles. The molecule has 2 unspecified atom stereocenters. The average Bonchev–Trinajstić information content (AvgIpc) is 2.85. The van der Waals surface area contributed by atoms with Crippen molar-refractivity contribution in [2.75, 3.05) is 33.4 Å². The number of hydrogen-bond donors (Lipinski definition) is 2. The summed E-state index contributed by atoms with van der Waals surface area (Å²) in [6.45, 7) is 8.88. The number of benzene rings is 1. The molecule has 2 aliphatic rings. The zero-order chi connectivity index (χ0) is 18.8. The Hall–Kier alpha value is -1.43. The number of nitrogens with one attached hydrogen (secondary N) is 2. The van der Waals surface area contributed by atoms with Crippen molar-refractivity contribution in [3.8, 4) is 0 Å². The van der Waals surface area contributed by atoms with Gasteiger partial charge in [0.05, 0.1) is 25.4 Å². The molecule has 5 heteroatoms. The number of methoxy groups -OCH3 is 1. The molecule has 0 saturated carbocycles. The fraction of sp³-hybridized carbons (Fsp3) is 0.667. The summed E-state index contributed by atoms with van der Waals surface area (Å²) in [4.78, 5) is 12.8. The van der Waals surface area contributed by atoms with Crippen LogP contribution in [0.2, 0.25) is 0 Å². The van der Waals surface area contributed by atoms with E-state index in [2.05, 4.69) is 34.9 Å². The monoisotopic (exact) mass is 360 g/mol. The maximum atomic E-state index is 12.8. The van der Waals surface area contributed by atoms with Gasteiger partial charge in [-0.15, -0.1) is 0 Å². The Labute approximate surface area is 156 Å². The smallest absolute Gasteiger partial charge is 0.225 e. The maximum absolute atomic E-state index is 12.8. The molecule has 5 nitrogen and oxygen atoms in total. The molecular weight excluding hydrogens is 328 g/mol. The van der Waals surface area contributed by atoms with Gasteiger partial charge in [0.1, 0.15) is 0 Å². The molecule has 0 radical (unpaired) electrons. The van der Waals surface area contributed by atoms with E-state index in [1.165, 1.54) is 11.1 Å². The highest BCUT2D eigenvalue weighted by atomic mass is 16.5. The molecule has 1 fully saturated rings. The Morgan fingerprint density at radius 1 is 1.23 bits per heavy atom. The van der Waals surface area contributed by atoms with Crippen molar-refractivity contribution in [3.63, 3.8) is 0 Å². The minimum atomic E-state index is -0.435. The van der Waals surface area contributed by atoms with Gasteiger partial charge in [-0.05, 0) is 37.1 Å². The number of ether oxygens (including phenoxy) is 2. The van der Waals surface area contributed by atoms with E-state index in [-0.39, 0.29) is 23.5 Å². The first kappa shape index (κ1) is 19.3. The zero-order valence-electron chi connectivity index (χ0n) is 16.4. The van der Waals surface area contributed by atoms with Crippen molar-refractivity contribution in [2.45, 2.75) is 51.2 Å². The first-order valence-corrected chi connectivity index (χ1v) is 9.62. The number of carbonyl (C=O) groups is 1. The molecule has 1 amide bonds. The van der Waals surface area contributed by atoms with Crippen LogP contribution in [0.4, 0.5) is 0 Å². The molecule has 3 rings (SSSR count). The summed E-state index contributed by atoms with van der Waals surface area (Å²) in [5, 5.41) is 6.77. The zero-order valence-corrected chi connectivity index (χ0v) is 16.4. The van der Waals surface area contributed by atoms with Crippen molar-refractivity contribution in [3.05, 3.63) is 35.4 Å². The van der Waals surface area contributed by atoms with Gasteiger partial charge in [-0.1, -0.05) is 45.0 Å². The first-order chi connectivity index (χ1) is 12.4. The second-order valence-electron chi connectivity index (χ2n) is 8.48. The molecule has 1 heterocycles. The highest BCUT2D eigenvalue weighted by molar-refractivity contribution is 5.82. The van der Waals surface area contributed by atoms with Crippen molar-refractivity contribution in [2.24, 2.45) is 5.41 Å². The van der Waals surface area contributed by atoms with Crippen molar-refractivity contribution >= 4 is 5.91 Å². The van der Waals surface area contributed by atoms with Gasteiger partial charge in [0, 0.05) is 17.9 Å². The highest BCUT2D eigenvalue weighted by Crippen LogP contribution is 2.51. The van der Waals surface area contributed by atoms with Gasteiger partial charge in [-0.3, -0.25) is 4.79 Å². The van der Waals surface area contributed by atoms with E-state index in [0.717, 1.165) is 25.9 Å². The molecule has 2 N–H and O–H groups in total. The third-order valence-electron chi connectivity index (χ3n) is 5.73. The third-order valence-corrected chi connectivity index (χ3v) is 5.73. The number of hydrogen-bond acceptors (Lipinski definition) is 4. The van der Waals surface area contributed by atoms with Crippen LogP contribution in [0.3, 0.4) is 0 Å². The van der Waals surface area contributed by atoms with E-state index >= 15 is 0 Å².